The van der Waals surface area contributed by atoms with Crippen LogP contribution < -0.4 is 10.9 Å². The lowest BCUT2D eigenvalue weighted by atomic mass is 10.1. The van der Waals surface area contributed by atoms with Crippen molar-refractivity contribution in [1.82, 2.24) is 19.8 Å². The van der Waals surface area contributed by atoms with Gasteiger partial charge in [0.05, 0.1) is 17.2 Å². The van der Waals surface area contributed by atoms with Crippen LogP contribution in [0.1, 0.15) is 46.1 Å². The number of rotatable bonds is 5. The molecule has 0 saturated carbocycles. The van der Waals surface area contributed by atoms with Crippen LogP contribution in [0.5, 0.6) is 0 Å². The second-order valence-electron chi connectivity index (χ2n) is 8.82. The third-order valence-corrected chi connectivity index (χ3v) is 5.33. The molecule has 0 atom stereocenters. The Balaban J connectivity index is 1.62. The molecule has 0 radical (unpaired) electrons. The lowest BCUT2D eigenvalue weighted by Gasteiger charge is -2.32. The van der Waals surface area contributed by atoms with Crippen molar-refractivity contribution >= 4 is 17.1 Å². The standard InChI is InChI=1S/C22H31FN4O3/c1-5-16-17(23)14-24-18-6-7-19(28)27(20(16)18)13-12-26-10-8-15(9-11-26)30-21(29)25-22(2,3)4/h6-7,14-15H,5,8-13H2,1-4H3,(H,25,29). The number of hydrogen-bond acceptors (Lipinski definition) is 5. The summed E-state index contributed by atoms with van der Waals surface area (Å²) >= 11 is 0. The van der Waals surface area contributed by atoms with Gasteiger partial charge in [-0.15, -0.1) is 0 Å². The Bertz CT molecular complexity index is 959. The van der Waals surface area contributed by atoms with Gasteiger partial charge in [-0.1, -0.05) is 6.92 Å². The molecule has 3 heterocycles. The fraction of sp³-hybridized carbons (Fsp3) is 0.591. The Morgan fingerprint density at radius 3 is 2.60 bits per heavy atom. The molecule has 0 bridgehead atoms. The summed E-state index contributed by atoms with van der Waals surface area (Å²) < 4.78 is 21.4. The van der Waals surface area contributed by atoms with Gasteiger partial charge in [0.15, 0.2) is 0 Å². The summed E-state index contributed by atoms with van der Waals surface area (Å²) in [5.41, 5.74) is 1.26. The van der Waals surface area contributed by atoms with E-state index in [1.807, 2.05) is 27.7 Å². The van der Waals surface area contributed by atoms with Crippen molar-refractivity contribution in [1.29, 1.82) is 0 Å². The average Bonchev–Trinajstić information content (AvgIpc) is 2.67. The molecule has 1 fully saturated rings. The van der Waals surface area contributed by atoms with Crippen molar-refractivity contribution in [3.05, 3.63) is 40.1 Å². The number of hydrogen-bond donors (Lipinski definition) is 1. The number of ether oxygens (including phenoxy) is 1. The second kappa shape index (κ2) is 9.12. The Labute approximate surface area is 176 Å². The average molecular weight is 419 g/mol. The third-order valence-electron chi connectivity index (χ3n) is 5.33. The van der Waals surface area contributed by atoms with Crippen molar-refractivity contribution in [3.8, 4) is 0 Å². The lowest BCUT2D eigenvalue weighted by Crippen LogP contribution is -2.45. The van der Waals surface area contributed by atoms with Crippen molar-refractivity contribution < 1.29 is 13.9 Å². The van der Waals surface area contributed by atoms with Gasteiger partial charge >= 0.3 is 6.09 Å². The SMILES string of the molecule is CCc1c(F)cnc2ccc(=O)n(CCN3CCC(OC(=O)NC(C)(C)C)CC3)c12. The maximum atomic E-state index is 14.2. The van der Waals surface area contributed by atoms with E-state index in [2.05, 4.69) is 15.2 Å². The first kappa shape index (κ1) is 22.2. The van der Waals surface area contributed by atoms with E-state index in [9.17, 15) is 14.0 Å². The van der Waals surface area contributed by atoms with Gasteiger partial charge in [-0.25, -0.2) is 9.18 Å². The van der Waals surface area contributed by atoms with E-state index in [-0.39, 0.29) is 29.1 Å². The highest BCUT2D eigenvalue weighted by Crippen LogP contribution is 2.20. The maximum Gasteiger partial charge on any atom is 0.407 e. The highest BCUT2D eigenvalue weighted by atomic mass is 19.1. The first-order valence-corrected chi connectivity index (χ1v) is 10.6. The number of amides is 1. The van der Waals surface area contributed by atoms with Gasteiger partial charge in [0.1, 0.15) is 11.9 Å². The molecule has 1 aliphatic rings. The van der Waals surface area contributed by atoms with Crippen LogP contribution >= 0.6 is 0 Å². The second-order valence-corrected chi connectivity index (χ2v) is 8.82. The predicted molar refractivity (Wildman–Crippen MR) is 114 cm³/mol. The number of carbonyl (C=O) groups is 1. The van der Waals surface area contributed by atoms with E-state index in [1.54, 1.807) is 10.6 Å². The Hall–Kier alpha value is -2.48. The molecular weight excluding hydrogens is 387 g/mol. The molecular formula is C22H31FN4O3. The van der Waals surface area contributed by atoms with Gasteiger partial charge in [-0.05, 0) is 46.1 Å². The van der Waals surface area contributed by atoms with E-state index in [0.717, 1.165) is 25.9 Å². The van der Waals surface area contributed by atoms with E-state index in [4.69, 9.17) is 4.74 Å². The zero-order chi connectivity index (χ0) is 21.9. The van der Waals surface area contributed by atoms with E-state index in [1.165, 1.54) is 12.3 Å². The van der Waals surface area contributed by atoms with Crippen molar-refractivity contribution in [2.75, 3.05) is 19.6 Å². The number of alkyl carbamates (subject to hydrolysis) is 1. The third kappa shape index (κ3) is 5.36. The molecule has 8 heteroatoms. The molecule has 1 saturated heterocycles. The van der Waals surface area contributed by atoms with Gasteiger partial charge in [0.2, 0.25) is 0 Å². The number of fused-ring (bicyclic) bond motifs is 1. The number of aryl methyl sites for hydroxylation is 1. The molecule has 2 aromatic heterocycles. The first-order chi connectivity index (χ1) is 14.2. The minimum absolute atomic E-state index is 0.103. The topological polar surface area (TPSA) is 76.5 Å². The molecule has 1 amide bonds. The predicted octanol–water partition coefficient (Wildman–Crippen LogP) is 3.09. The monoisotopic (exact) mass is 418 g/mol. The number of likely N-dealkylation sites (tertiary alicyclic amines) is 1. The number of pyridine rings is 2. The molecule has 0 spiro atoms. The van der Waals surface area contributed by atoms with Crippen molar-refractivity contribution in [3.63, 3.8) is 0 Å². The molecule has 2 aromatic rings. The number of carbonyl (C=O) groups excluding carboxylic acids is 1. The Morgan fingerprint density at radius 1 is 1.27 bits per heavy atom. The van der Waals surface area contributed by atoms with Crippen LogP contribution in [0.15, 0.2) is 23.1 Å². The molecule has 1 N–H and O–H groups in total. The molecule has 0 aliphatic carbocycles. The van der Waals surface area contributed by atoms with Gasteiger partial charge in [0.25, 0.3) is 5.56 Å². The summed E-state index contributed by atoms with van der Waals surface area (Å²) in [6, 6.07) is 3.14. The summed E-state index contributed by atoms with van der Waals surface area (Å²) in [4.78, 5) is 30.8. The minimum Gasteiger partial charge on any atom is -0.446 e. The molecule has 3 rings (SSSR count). The smallest absolute Gasteiger partial charge is 0.407 e. The van der Waals surface area contributed by atoms with E-state index < -0.39 is 0 Å². The van der Waals surface area contributed by atoms with Gasteiger partial charge < -0.3 is 19.5 Å². The summed E-state index contributed by atoms with van der Waals surface area (Å²) in [6.45, 7) is 10.3. The molecule has 164 valence electrons. The van der Waals surface area contributed by atoms with Crippen LogP contribution in [0.25, 0.3) is 11.0 Å². The Kier molecular flexibility index (Phi) is 6.75. The number of nitrogens with one attached hydrogen (secondary N) is 1. The van der Waals surface area contributed by atoms with E-state index >= 15 is 0 Å². The Morgan fingerprint density at radius 2 is 1.97 bits per heavy atom. The summed E-state index contributed by atoms with van der Waals surface area (Å²) in [5.74, 6) is -0.379. The van der Waals surface area contributed by atoms with E-state index in [0.29, 0.717) is 36.1 Å². The van der Waals surface area contributed by atoms with Crippen LogP contribution in [0, 0.1) is 5.82 Å². The fourth-order valence-corrected chi connectivity index (χ4v) is 3.84. The van der Waals surface area contributed by atoms with Gasteiger partial charge in [-0.3, -0.25) is 9.78 Å². The summed E-state index contributed by atoms with van der Waals surface area (Å²) in [6.07, 6.45) is 2.72. The molecule has 1 aliphatic heterocycles. The van der Waals surface area contributed by atoms with Crippen LogP contribution in [0.2, 0.25) is 0 Å². The zero-order valence-corrected chi connectivity index (χ0v) is 18.2. The van der Waals surface area contributed by atoms with Gasteiger partial charge in [0, 0.05) is 43.3 Å². The molecule has 30 heavy (non-hydrogen) atoms. The summed E-state index contributed by atoms with van der Waals surface area (Å²) in [7, 11) is 0. The van der Waals surface area contributed by atoms with Crippen molar-refractivity contribution in [2.45, 2.75) is 65.1 Å². The van der Waals surface area contributed by atoms with Crippen LogP contribution in [0.3, 0.4) is 0 Å². The van der Waals surface area contributed by atoms with Gasteiger partial charge in [-0.2, -0.15) is 0 Å². The number of nitrogens with zero attached hydrogens (tertiary/aromatic N) is 3. The number of aromatic nitrogens is 2. The molecule has 0 unspecified atom stereocenters. The van der Waals surface area contributed by atoms with Crippen LogP contribution in [-0.2, 0) is 17.7 Å². The number of halogens is 1. The zero-order valence-electron chi connectivity index (χ0n) is 18.2. The quantitative estimate of drug-likeness (QED) is 0.808. The first-order valence-electron chi connectivity index (χ1n) is 10.6. The molecule has 7 nitrogen and oxygen atoms in total. The highest BCUT2D eigenvalue weighted by Gasteiger charge is 2.24. The molecule has 0 aromatic carbocycles. The fourth-order valence-electron chi connectivity index (χ4n) is 3.84. The van der Waals surface area contributed by atoms with Crippen LogP contribution in [-0.4, -0.2) is 51.8 Å². The minimum atomic E-state index is -0.384. The highest BCUT2D eigenvalue weighted by molar-refractivity contribution is 5.78. The number of piperidine rings is 1. The van der Waals surface area contributed by atoms with Crippen molar-refractivity contribution in [2.24, 2.45) is 0 Å². The summed E-state index contributed by atoms with van der Waals surface area (Å²) in [5, 5.41) is 2.81. The largest absolute Gasteiger partial charge is 0.446 e. The lowest BCUT2D eigenvalue weighted by molar-refractivity contribution is 0.0464. The normalized spacial score (nSPS) is 16.0. The maximum absolute atomic E-state index is 14.2. The van der Waals surface area contributed by atoms with Crippen LogP contribution in [0.4, 0.5) is 9.18 Å².